The molecule has 0 spiro atoms. The van der Waals surface area contributed by atoms with E-state index in [1.54, 1.807) is 59.0 Å². The van der Waals surface area contributed by atoms with Gasteiger partial charge >= 0.3 is 5.97 Å². The Morgan fingerprint density at radius 2 is 1.70 bits per heavy atom. The minimum Gasteiger partial charge on any atom is -0.466 e. The van der Waals surface area contributed by atoms with E-state index in [4.69, 9.17) is 4.74 Å². The van der Waals surface area contributed by atoms with Crippen LogP contribution in [0.5, 0.6) is 0 Å². The Morgan fingerprint density at radius 3 is 2.36 bits per heavy atom. The highest BCUT2D eigenvalue weighted by atomic mass is 32.2. The zero-order valence-electron chi connectivity index (χ0n) is 18.9. The van der Waals surface area contributed by atoms with Crippen LogP contribution in [-0.2, 0) is 30.7 Å². The van der Waals surface area contributed by atoms with Gasteiger partial charge in [0.2, 0.25) is 15.7 Å². The van der Waals surface area contributed by atoms with Crippen LogP contribution in [0.15, 0.2) is 64.5 Å². The average Bonchev–Trinajstić information content (AvgIpc) is 3.19. The number of rotatable bonds is 6. The first-order valence-electron chi connectivity index (χ1n) is 11.1. The summed E-state index contributed by atoms with van der Waals surface area (Å²) in [5, 5.41) is 0.590. The molecule has 0 unspecified atom stereocenters. The van der Waals surface area contributed by atoms with Crippen molar-refractivity contribution < 1.29 is 22.7 Å². The summed E-state index contributed by atoms with van der Waals surface area (Å²) in [6.07, 6.45) is 2.71. The van der Waals surface area contributed by atoms with E-state index >= 15 is 0 Å². The Hall–Kier alpha value is -3.13. The molecule has 8 heteroatoms. The third-order valence-electron chi connectivity index (χ3n) is 6.15. The van der Waals surface area contributed by atoms with Gasteiger partial charge in [-0.2, -0.15) is 0 Å². The van der Waals surface area contributed by atoms with Crippen molar-refractivity contribution in [2.75, 3.05) is 19.7 Å². The second-order valence-corrected chi connectivity index (χ2v) is 10.3. The first-order valence-corrected chi connectivity index (χ1v) is 12.6. The zero-order chi connectivity index (χ0) is 23.6. The molecule has 1 aliphatic rings. The predicted octanol–water partition coefficient (Wildman–Crippen LogP) is 3.58. The normalized spacial score (nSPS) is 15.0. The summed E-state index contributed by atoms with van der Waals surface area (Å²) in [7, 11) is -3.74. The molecule has 3 aromatic rings. The molecule has 174 valence electrons. The van der Waals surface area contributed by atoms with E-state index in [1.165, 1.54) is 0 Å². The largest absolute Gasteiger partial charge is 0.466 e. The molecule has 7 nitrogen and oxygen atoms in total. The Labute approximate surface area is 193 Å². The lowest BCUT2D eigenvalue weighted by molar-refractivity contribution is -0.151. The van der Waals surface area contributed by atoms with Crippen LogP contribution in [0.25, 0.3) is 10.9 Å². The van der Waals surface area contributed by atoms with Crippen LogP contribution in [0.2, 0.25) is 0 Å². The summed E-state index contributed by atoms with van der Waals surface area (Å²) >= 11 is 0. The molecule has 1 fully saturated rings. The van der Waals surface area contributed by atoms with E-state index in [2.05, 4.69) is 0 Å². The van der Waals surface area contributed by atoms with Crippen LogP contribution in [0, 0.1) is 12.8 Å². The minimum absolute atomic E-state index is 0.0357. The van der Waals surface area contributed by atoms with Crippen molar-refractivity contribution >= 4 is 32.6 Å². The van der Waals surface area contributed by atoms with Crippen LogP contribution in [0.4, 0.5) is 0 Å². The monoisotopic (exact) mass is 468 g/mol. The van der Waals surface area contributed by atoms with Gasteiger partial charge in [-0.25, -0.2) is 8.42 Å². The van der Waals surface area contributed by atoms with Gasteiger partial charge in [-0.05, 0) is 44.9 Å². The molecule has 2 heterocycles. The summed E-state index contributed by atoms with van der Waals surface area (Å²) in [4.78, 5) is 27.1. The lowest BCUT2D eigenvalue weighted by atomic mass is 9.97. The Morgan fingerprint density at radius 1 is 1.03 bits per heavy atom. The molecule has 0 N–H and O–H groups in total. The van der Waals surface area contributed by atoms with Crippen LogP contribution in [0.1, 0.15) is 25.3 Å². The van der Waals surface area contributed by atoms with Crippen LogP contribution >= 0.6 is 0 Å². The average molecular weight is 469 g/mol. The minimum atomic E-state index is -3.74. The third kappa shape index (κ3) is 4.66. The molecular weight excluding hydrogens is 440 g/mol. The lowest BCUT2D eigenvalue weighted by Gasteiger charge is -2.31. The summed E-state index contributed by atoms with van der Waals surface area (Å²) in [6, 6.07) is 14.0. The van der Waals surface area contributed by atoms with E-state index in [-0.39, 0.29) is 34.1 Å². The summed E-state index contributed by atoms with van der Waals surface area (Å²) < 4.78 is 33.5. The van der Waals surface area contributed by atoms with E-state index in [0.717, 1.165) is 5.56 Å². The lowest BCUT2D eigenvalue weighted by Crippen LogP contribution is -2.42. The van der Waals surface area contributed by atoms with Crippen LogP contribution in [0.3, 0.4) is 0 Å². The van der Waals surface area contributed by atoms with E-state index in [1.807, 2.05) is 19.1 Å². The maximum absolute atomic E-state index is 13.4. The maximum atomic E-state index is 13.4. The highest BCUT2D eigenvalue weighted by Crippen LogP contribution is 2.30. The Bertz CT molecular complexity index is 1270. The number of aryl methyl sites for hydroxylation is 1. The zero-order valence-corrected chi connectivity index (χ0v) is 19.7. The molecule has 0 bridgehead atoms. The number of ether oxygens (including phenoxy) is 1. The molecule has 0 aliphatic carbocycles. The number of aromatic nitrogens is 1. The number of esters is 1. The number of carbonyl (C=O) groups excluding carboxylic acids is 2. The molecular formula is C25H28N2O5S. The number of sulfone groups is 1. The van der Waals surface area contributed by atoms with Crippen LogP contribution in [-0.4, -0.2) is 49.5 Å². The van der Waals surface area contributed by atoms with Gasteiger partial charge in [0.1, 0.15) is 6.54 Å². The molecule has 1 aliphatic heterocycles. The number of carbonyl (C=O) groups is 2. The van der Waals surface area contributed by atoms with Crippen molar-refractivity contribution in [3.05, 3.63) is 60.3 Å². The standard InChI is InChI=1S/C25H28N2O5S/c1-3-32-25(29)19-12-14-26(15-13-19)24(28)17-27-16-23(21-6-4-5-7-22(21)27)33(30,31)20-10-8-18(2)9-11-20/h4-11,16,19H,3,12-15,17H2,1-2H3. The fourth-order valence-electron chi connectivity index (χ4n) is 4.27. The quantitative estimate of drug-likeness (QED) is 0.516. The van der Waals surface area contributed by atoms with E-state index in [0.29, 0.717) is 43.4 Å². The number of benzene rings is 2. The predicted molar refractivity (Wildman–Crippen MR) is 125 cm³/mol. The summed E-state index contributed by atoms with van der Waals surface area (Å²) in [6.45, 7) is 5.04. The van der Waals surface area contributed by atoms with Gasteiger partial charge in [0.15, 0.2) is 0 Å². The van der Waals surface area contributed by atoms with Crippen molar-refractivity contribution in [1.29, 1.82) is 0 Å². The number of hydrogen-bond acceptors (Lipinski definition) is 5. The maximum Gasteiger partial charge on any atom is 0.309 e. The molecule has 2 aromatic carbocycles. The van der Waals surface area contributed by atoms with Gasteiger partial charge in [-0.1, -0.05) is 35.9 Å². The molecule has 4 rings (SSSR count). The molecule has 0 radical (unpaired) electrons. The number of likely N-dealkylation sites (tertiary alicyclic amines) is 1. The van der Waals surface area contributed by atoms with Gasteiger partial charge in [0.05, 0.1) is 22.3 Å². The van der Waals surface area contributed by atoms with Crippen molar-refractivity contribution in [2.45, 2.75) is 43.0 Å². The van der Waals surface area contributed by atoms with Crippen molar-refractivity contribution in [3.63, 3.8) is 0 Å². The fraction of sp³-hybridized carbons (Fsp3) is 0.360. The van der Waals surface area contributed by atoms with E-state index < -0.39 is 9.84 Å². The van der Waals surface area contributed by atoms with Crippen molar-refractivity contribution in [3.8, 4) is 0 Å². The smallest absolute Gasteiger partial charge is 0.309 e. The molecule has 33 heavy (non-hydrogen) atoms. The van der Waals surface area contributed by atoms with Gasteiger partial charge in [0.25, 0.3) is 0 Å². The molecule has 1 saturated heterocycles. The molecule has 1 aromatic heterocycles. The van der Waals surface area contributed by atoms with Gasteiger partial charge in [-0.15, -0.1) is 0 Å². The fourth-order valence-corrected chi connectivity index (χ4v) is 5.75. The topological polar surface area (TPSA) is 85.7 Å². The second kappa shape index (κ2) is 9.39. The van der Waals surface area contributed by atoms with Crippen molar-refractivity contribution in [1.82, 2.24) is 9.47 Å². The molecule has 1 amide bonds. The first kappa shape index (κ1) is 23.0. The van der Waals surface area contributed by atoms with Gasteiger partial charge in [0, 0.05) is 30.2 Å². The second-order valence-electron chi connectivity index (χ2n) is 8.36. The molecule has 0 saturated carbocycles. The Balaban J connectivity index is 1.57. The SMILES string of the molecule is CCOC(=O)C1CCN(C(=O)Cn2cc(S(=O)(=O)c3ccc(C)cc3)c3ccccc32)CC1. The van der Waals surface area contributed by atoms with Gasteiger partial charge < -0.3 is 14.2 Å². The number of piperidine rings is 1. The number of hydrogen-bond donors (Lipinski definition) is 0. The first-order chi connectivity index (χ1) is 15.8. The number of fused-ring (bicyclic) bond motifs is 1. The number of para-hydroxylation sites is 1. The highest BCUT2D eigenvalue weighted by Gasteiger charge is 2.29. The molecule has 0 atom stereocenters. The van der Waals surface area contributed by atoms with Crippen LogP contribution < -0.4 is 0 Å². The number of nitrogens with zero attached hydrogens (tertiary/aromatic N) is 2. The summed E-state index contributed by atoms with van der Waals surface area (Å²) in [5.41, 5.74) is 1.67. The third-order valence-corrected chi connectivity index (χ3v) is 7.94. The van der Waals surface area contributed by atoms with Crippen molar-refractivity contribution in [2.24, 2.45) is 5.92 Å². The Kier molecular flexibility index (Phi) is 6.56. The van der Waals surface area contributed by atoms with E-state index in [9.17, 15) is 18.0 Å². The van der Waals surface area contributed by atoms with Gasteiger partial charge in [-0.3, -0.25) is 9.59 Å². The highest BCUT2D eigenvalue weighted by molar-refractivity contribution is 7.91. The summed E-state index contributed by atoms with van der Waals surface area (Å²) in [5.74, 6) is -0.475. The number of amides is 1.